The van der Waals surface area contributed by atoms with E-state index < -0.39 is 5.54 Å². The Kier molecular flexibility index (Phi) is 5.56. The second-order valence-corrected chi connectivity index (χ2v) is 6.61. The average Bonchev–Trinajstić information content (AvgIpc) is 3.11. The van der Waals surface area contributed by atoms with Crippen molar-refractivity contribution in [3.8, 4) is 0 Å². The summed E-state index contributed by atoms with van der Waals surface area (Å²) >= 11 is 1.52. The number of nitrogens with zero attached hydrogens (tertiary/aromatic N) is 1. The molecule has 1 heterocycles. The number of hydrogen-bond donors (Lipinski definition) is 3. The quantitative estimate of drug-likeness (QED) is 0.777. The van der Waals surface area contributed by atoms with E-state index in [1.54, 1.807) is 31.4 Å². The lowest BCUT2D eigenvalue weighted by atomic mass is 10.0. The van der Waals surface area contributed by atoms with Crippen molar-refractivity contribution in [2.45, 2.75) is 32.7 Å². The smallest absolute Gasteiger partial charge is 0.320 e. The Hall–Kier alpha value is -2.41. The second kappa shape index (κ2) is 7.44. The van der Waals surface area contributed by atoms with Gasteiger partial charge < -0.3 is 16.0 Å². The van der Waals surface area contributed by atoms with Gasteiger partial charge in [-0.25, -0.2) is 9.78 Å². The van der Waals surface area contributed by atoms with Crippen LogP contribution in [-0.2, 0) is 5.54 Å². The van der Waals surface area contributed by atoms with E-state index >= 15 is 0 Å². The largest absolute Gasteiger partial charge is 0.355 e. The molecule has 2 aromatic rings. The fourth-order valence-corrected chi connectivity index (χ4v) is 3.11. The maximum absolute atomic E-state index is 12.4. The third-order valence-electron chi connectivity index (χ3n) is 3.96. The SMILES string of the molecule is CC[C@@](C)(NC(=O)Nc1ccc(C(=O)NC)cc1C)c1nccs1. The van der Waals surface area contributed by atoms with Crippen molar-refractivity contribution in [2.24, 2.45) is 0 Å². The highest BCUT2D eigenvalue weighted by Crippen LogP contribution is 2.26. The van der Waals surface area contributed by atoms with Gasteiger partial charge in [-0.05, 0) is 44.0 Å². The number of anilines is 1. The molecule has 0 radical (unpaired) electrons. The average molecular weight is 346 g/mol. The summed E-state index contributed by atoms with van der Waals surface area (Å²) in [6, 6.07) is 4.85. The molecule has 7 heteroatoms. The summed E-state index contributed by atoms with van der Waals surface area (Å²) in [4.78, 5) is 28.3. The lowest BCUT2D eigenvalue weighted by Crippen LogP contribution is -2.45. The molecule has 0 unspecified atom stereocenters. The molecule has 0 saturated carbocycles. The van der Waals surface area contributed by atoms with Crippen LogP contribution in [0.4, 0.5) is 10.5 Å². The van der Waals surface area contributed by atoms with E-state index in [1.165, 1.54) is 11.3 Å². The Balaban J connectivity index is 2.11. The van der Waals surface area contributed by atoms with Gasteiger partial charge in [0.1, 0.15) is 5.01 Å². The standard InChI is InChI=1S/C17H22N4O2S/c1-5-17(3,15-19-8-9-24-15)21-16(23)20-13-7-6-12(10-11(13)2)14(22)18-4/h6-10H,5H2,1-4H3,(H,18,22)(H2,20,21,23)/t17-/m1/s1. The summed E-state index contributed by atoms with van der Waals surface area (Å²) in [5, 5.41) is 11.2. The second-order valence-electron chi connectivity index (χ2n) is 5.71. The lowest BCUT2D eigenvalue weighted by Gasteiger charge is -2.27. The maximum Gasteiger partial charge on any atom is 0.320 e. The highest BCUT2D eigenvalue weighted by molar-refractivity contribution is 7.09. The van der Waals surface area contributed by atoms with E-state index in [9.17, 15) is 9.59 Å². The topological polar surface area (TPSA) is 83.1 Å². The normalized spacial score (nSPS) is 13.0. The van der Waals surface area contributed by atoms with Crippen LogP contribution >= 0.6 is 11.3 Å². The first-order valence-corrected chi connectivity index (χ1v) is 8.59. The minimum atomic E-state index is -0.520. The zero-order valence-corrected chi connectivity index (χ0v) is 15.1. The van der Waals surface area contributed by atoms with E-state index in [0.717, 1.165) is 17.0 Å². The molecule has 128 valence electrons. The van der Waals surface area contributed by atoms with Crippen molar-refractivity contribution < 1.29 is 9.59 Å². The fourth-order valence-electron chi connectivity index (χ4n) is 2.28. The van der Waals surface area contributed by atoms with Gasteiger partial charge in [0.05, 0.1) is 5.54 Å². The van der Waals surface area contributed by atoms with Crippen LogP contribution in [0.2, 0.25) is 0 Å². The number of benzene rings is 1. The molecule has 0 aliphatic carbocycles. The van der Waals surface area contributed by atoms with E-state index in [2.05, 4.69) is 20.9 Å². The van der Waals surface area contributed by atoms with Crippen LogP contribution in [-0.4, -0.2) is 24.0 Å². The van der Waals surface area contributed by atoms with Crippen LogP contribution in [0.15, 0.2) is 29.8 Å². The molecule has 2 rings (SSSR count). The zero-order valence-electron chi connectivity index (χ0n) is 14.3. The van der Waals surface area contributed by atoms with Crippen LogP contribution in [0, 0.1) is 6.92 Å². The first kappa shape index (κ1) is 17.9. The molecule has 0 saturated heterocycles. The van der Waals surface area contributed by atoms with E-state index in [4.69, 9.17) is 0 Å². The monoisotopic (exact) mass is 346 g/mol. The number of amides is 3. The van der Waals surface area contributed by atoms with Gasteiger partial charge in [-0.15, -0.1) is 11.3 Å². The van der Waals surface area contributed by atoms with Gasteiger partial charge in [0.15, 0.2) is 0 Å². The number of nitrogens with one attached hydrogen (secondary N) is 3. The molecule has 3 amide bonds. The van der Waals surface area contributed by atoms with Crippen LogP contribution in [0.25, 0.3) is 0 Å². The van der Waals surface area contributed by atoms with Gasteiger partial charge >= 0.3 is 6.03 Å². The summed E-state index contributed by atoms with van der Waals surface area (Å²) in [6.07, 6.45) is 2.46. The molecule has 0 aliphatic heterocycles. The number of aromatic nitrogens is 1. The highest BCUT2D eigenvalue weighted by Gasteiger charge is 2.29. The molecule has 0 aliphatic rings. The number of carbonyl (C=O) groups excluding carboxylic acids is 2. The van der Waals surface area contributed by atoms with Gasteiger partial charge in [-0.3, -0.25) is 4.79 Å². The number of rotatable bonds is 5. The molecule has 0 fully saturated rings. The summed E-state index contributed by atoms with van der Waals surface area (Å²) in [5.74, 6) is -0.156. The summed E-state index contributed by atoms with van der Waals surface area (Å²) in [7, 11) is 1.58. The molecule has 24 heavy (non-hydrogen) atoms. The Labute approximate surface area is 145 Å². The summed E-state index contributed by atoms with van der Waals surface area (Å²) in [5.41, 5.74) is 1.52. The number of aryl methyl sites for hydroxylation is 1. The zero-order chi connectivity index (χ0) is 17.7. The van der Waals surface area contributed by atoms with E-state index in [1.807, 2.05) is 26.2 Å². The minimum absolute atomic E-state index is 0.156. The van der Waals surface area contributed by atoms with Crippen molar-refractivity contribution in [3.63, 3.8) is 0 Å². The van der Waals surface area contributed by atoms with Crippen molar-refractivity contribution >= 4 is 29.0 Å². The van der Waals surface area contributed by atoms with Gasteiger partial charge in [0.25, 0.3) is 5.91 Å². The summed E-state index contributed by atoms with van der Waals surface area (Å²) < 4.78 is 0. The number of thiazole rings is 1. The lowest BCUT2D eigenvalue weighted by molar-refractivity contribution is 0.0963. The number of urea groups is 1. The van der Waals surface area contributed by atoms with Crippen LogP contribution in [0.1, 0.15) is 41.2 Å². The first-order valence-electron chi connectivity index (χ1n) is 7.71. The molecule has 1 atom stereocenters. The molecular weight excluding hydrogens is 324 g/mol. The van der Waals surface area contributed by atoms with Crippen molar-refractivity contribution in [1.82, 2.24) is 15.6 Å². The van der Waals surface area contributed by atoms with Gasteiger partial charge in [-0.1, -0.05) is 6.92 Å². The number of hydrogen-bond acceptors (Lipinski definition) is 4. The Morgan fingerprint density at radius 1 is 1.33 bits per heavy atom. The maximum atomic E-state index is 12.4. The molecule has 3 N–H and O–H groups in total. The van der Waals surface area contributed by atoms with E-state index in [-0.39, 0.29) is 11.9 Å². The Bertz CT molecular complexity index is 730. The molecular formula is C17H22N4O2S. The van der Waals surface area contributed by atoms with Crippen molar-refractivity contribution in [1.29, 1.82) is 0 Å². The molecule has 1 aromatic heterocycles. The van der Waals surface area contributed by atoms with Gasteiger partial charge in [-0.2, -0.15) is 0 Å². The molecule has 0 spiro atoms. The van der Waals surface area contributed by atoms with Crippen molar-refractivity contribution in [2.75, 3.05) is 12.4 Å². The Morgan fingerprint density at radius 3 is 2.62 bits per heavy atom. The van der Waals surface area contributed by atoms with Crippen molar-refractivity contribution in [3.05, 3.63) is 45.9 Å². The minimum Gasteiger partial charge on any atom is -0.355 e. The van der Waals surface area contributed by atoms with E-state index in [0.29, 0.717) is 11.3 Å². The first-order chi connectivity index (χ1) is 11.4. The summed E-state index contributed by atoms with van der Waals surface area (Å²) in [6.45, 7) is 5.81. The van der Waals surface area contributed by atoms with Crippen LogP contribution in [0.3, 0.4) is 0 Å². The number of carbonyl (C=O) groups is 2. The molecule has 6 nitrogen and oxygen atoms in total. The highest BCUT2D eigenvalue weighted by atomic mass is 32.1. The van der Waals surface area contributed by atoms with Gasteiger partial charge in [0.2, 0.25) is 0 Å². The van der Waals surface area contributed by atoms with Crippen LogP contribution in [0.5, 0.6) is 0 Å². The molecule has 1 aromatic carbocycles. The molecule has 0 bridgehead atoms. The predicted octanol–water partition coefficient (Wildman–Crippen LogP) is 3.26. The third-order valence-corrected chi connectivity index (χ3v) is 5.00. The Morgan fingerprint density at radius 2 is 2.08 bits per heavy atom. The van der Waals surface area contributed by atoms with Gasteiger partial charge in [0, 0.05) is 29.9 Å². The third kappa shape index (κ3) is 3.91. The van der Waals surface area contributed by atoms with Crippen LogP contribution < -0.4 is 16.0 Å². The fraction of sp³-hybridized carbons (Fsp3) is 0.353. The predicted molar refractivity (Wildman–Crippen MR) is 96.5 cm³/mol.